The molecule has 1 aromatic carbocycles. The summed E-state index contributed by atoms with van der Waals surface area (Å²) >= 11 is 1.18. The number of aromatic nitrogens is 1. The fraction of sp³-hybridized carbons (Fsp3) is 0.500. The molecule has 1 fully saturated rings. The molecule has 1 aromatic heterocycles. The molecule has 1 saturated heterocycles. The fourth-order valence-corrected chi connectivity index (χ4v) is 5.53. The van der Waals surface area contributed by atoms with Crippen molar-refractivity contribution in [2.75, 3.05) is 12.8 Å². The van der Waals surface area contributed by atoms with Crippen LogP contribution < -0.4 is 4.80 Å². The number of nitrogens with zero attached hydrogens (tertiary/aromatic N) is 4. The fourth-order valence-electron chi connectivity index (χ4n) is 3.28. The SMILES string of the molecule is CCn1c(=NC(=O)C2CCCCN2S(C)(=O)=O)sc2cc([N+](=O)[O-])ccc21. The molecule has 1 unspecified atom stereocenters. The highest BCUT2D eigenvalue weighted by molar-refractivity contribution is 7.88. The first-order valence-electron chi connectivity index (χ1n) is 8.55. The van der Waals surface area contributed by atoms with Gasteiger partial charge in [-0.15, -0.1) is 0 Å². The van der Waals surface area contributed by atoms with Crippen LogP contribution in [0.1, 0.15) is 26.2 Å². The second kappa shape index (κ2) is 7.49. The number of non-ortho nitro benzene ring substituents is 1. The average molecular weight is 412 g/mol. The minimum atomic E-state index is -3.49. The molecule has 2 aromatic rings. The van der Waals surface area contributed by atoms with E-state index in [4.69, 9.17) is 0 Å². The molecule has 2 heterocycles. The highest BCUT2D eigenvalue weighted by Crippen LogP contribution is 2.24. The number of thiazole rings is 1. The van der Waals surface area contributed by atoms with Gasteiger partial charge in [-0.1, -0.05) is 17.8 Å². The number of carbonyl (C=O) groups is 1. The van der Waals surface area contributed by atoms with Crippen molar-refractivity contribution in [1.82, 2.24) is 8.87 Å². The van der Waals surface area contributed by atoms with Gasteiger partial charge in [0.2, 0.25) is 10.0 Å². The highest BCUT2D eigenvalue weighted by atomic mass is 32.2. The zero-order valence-electron chi connectivity index (χ0n) is 15.0. The van der Waals surface area contributed by atoms with Crippen molar-refractivity contribution in [3.8, 4) is 0 Å². The third kappa shape index (κ3) is 3.94. The van der Waals surface area contributed by atoms with Crippen molar-refractivity contribution in [2.45, 2.75) is 38.8 Å². The van der Waals surface area contributed by atoms with Crippen molar-refractivity contribution < 1.29 is 18.1 Å². The second-order valence-electron chi connectivity index (χ2n) is 6.37. The largest absolute Gasteiger partial charge is 0.317 e. The minimum absolute atomic E-state index is 0.0274. The van der Waals surface area contributed by atoms with Gasteiger partial charge in [-0.2, -0.15) is 9.30 Å². The molecule has 0 radical (unpaired) electrons. The first-order chi connectivity index (χ1) is 12.7. The summed E-state index contributed by atoms with van der Waals surface area (Å²) in [7, 11) is -3.49. The molecule has 0 spiro atoms. The maximum Gasteiger partial charge on any atom is 0.270 e. The monoisotopic (exact) mass is 412 g/mol. The van der Waals surface area contributed by atoms with Gasteiger partial charge in [0.1, 0.15) is 6.04 Å². The smallest absolute Gasteiger partial charge is 0.270 e. The van der Waals surface area contributed by atoms with Crippen LogP contribution in [0.2, 0.25) is 0 Å². The Balaban J connectivity index is 2.06. The lowest BCUT2D eigenvalue weighted by Gasteiger charge is -2.31. The third-order valence-electron chi connectivity index (χ3n) is 4.56. The van der Waals surface area contributed by atoms with E-state index in [1.54, 1.807) is 10.6 Å². The van der Waals surface area contributed by atoms with Gasteiger partial charge in [0, 0.05) is 25.2 Å². The van der Waals surface area contributed by atoms with Crippen molar-refractivity contribution in [3.05, 3.63) is 33.1 Å². The van der Waals surface area contributed by atoms with E-state index in [-0.39, 0.29) is 5.69 Å². The van der Waals surface area contributed by atoms with Crippen LogP contribution in [-0.4, -0.2) is 47.0 Å². The maximum absolute atomic E-state index is 12.8. The van der Waals surface area contributed by atoms with Gasteiger partial charge in [-0.05, 0) is 25.8 Å². The summed E-state index contributed by atoms with van der Waals surface area (Å²) in [6, 6.07) is 3.72. The number of nitro benzene ring substituents is 1. The molecule has 146 valence electrons. The quantitative estimate of drug-likeness (QED) is 0.562. The molecule has 1 atom stereocenters. The first kappa shape index (κ1) is 19.6. The van der Waals surface area contributed by atoms with Gasteiger partial charge in [0.15, 0.2) is 4.80 Å². The van der Waals surface area contributed by atoms with Gasteiger partial charge in [0.25, 0.3) is 11.6 Å². The number of hydrogen-bond donors (Lipinski definition) is 0. The number of sulfonamides is 1. The number of fused-ring (bicyclic) bond motifs is 1. The molecule has 9 nitrogen and oxygen atoms in total. The Morgan fingerprint density at radius 2 is 2.15 bits per heavy atom. The summed E-state index contributed by atoms with van der Waals surface area (Å²) in [4.78, 5) is 27.9. The predicted molar refractivity (Wildman–Crippen MR) is 102 cm³/mol. The van der Waals surface area contributed by atoms with E-state index >= 15 is 0 Å². The average Bonchev–Trinajstić information content (AvgIpc) is 2.96. The van der Waals surface area contributed by atoms with E-state index in [0.29, 0.717) is 29.0 Å². The Kier molecular flexibility index (Phi) is 5.45. The van der Waals surface area contributed by atoms with E-state index in [1.807, 2.05) is 6.92 Å². The summed E-state index contributed by atoms with van der Waals surface area (Å²) in [5.41, 5.74) is 0.726. The molecule has 1 aliphatic heterocycles. The Hall–Kier alpha value is -2.11. The number of nitro groups is 1. The number of amides is 1. The summed E-state index contributed by atoms with van der Waals surface area (Å²) in [6.45, 7) is 2.74. The van der Waals surface area contributed by atoms with Crippen LogP contribution in [0.15, 0.2) is 23.2 Å². The van der Waals surface area contributed by atoms with E-state index in [0.717, 1.165) is 24.6 Å². The van der Waals surface area contributed by atoms with E-state index in [1.165, 1.54) is 27.8 Å². The number of aryl methyl sites for hydroxylation is 1. The van der Waals surface area contributed by atoms with Gasteiger partial charge < -0.3 is 4.57 Å². The van der Waals surface area contributed by atoms with Crippen LogP contribution in [0.5, 0.6) is 0 Å². The second-order valence-corrected chi connectivity index (χ2v) is 9.32. The molecule has 27 heavy (non-hydrogen) atoms. The Morgan fingerprint density at radius 1 is 1.41 bits per heavy atom. The van der Waals surface area contributed by atoms with Crippen molar-refractivity contribution in [1.29, 1.82) is 0 Å². The molecule has 0 bridgehead atoms. The van der Waals surface area contributed by atoms with Crippen LogP contribution in [0.4, 0.5) is 5.69 Å². The summed E-state index contributed by atoms with van der Waals surface area (Å²) in [5, 5.41) is 11.0. The Labute approximate surface area is 160 Å². The number of benzene rings is 1. The zero-order chi connectivity index (χ0) is 19.8. The number of hydrogen-bond acceptors (Lipinski definition) is 6. The number of carbonyl (C=O) groups excluding carboxylic acids is 1. The zero-order valence-corrected chi connectivity index (χ0v) is 16.6. The minimum Gasteiger partial charge on any atom is -0.317 e. The van der Waals surface area contributed by atoms with Gasteiger partial charge in [-0.3, -0.25) is 14.9 Å². The standard InChI is InChI=1S/C16H20N4O5S2/c1-3-18-12-8-7-11(20(22)23)10-14(12)26-16(18)17-15(21)13-6-4-5-9-19(13)27(2,24)25/h7-8,10,13H,3-6,9H2,1-2H3. The van der Waals surface area contributed by atoms with Crippen molar-refractivity contribution in [3.63, 3.8) is 0 Å². The first-order valence-corrected chi connectivity index (χ1v) is 11.2. The molecule has 0 aliphatic carbocycles. The lowest BCUT2D eigenvalue weighted by atomic mass is 10.0. The van der Waals surface area contributed by atoms with E-state index < -0.39 is 26.9 Å². The van der Waals surface area contributed by atoms with Crippen molar-refractivity contribution >= 4 is 43.2 Å². The van der Waals surface area contributed by atoms with Crippen LogP contribution in [-0.2, 0) is 21.4 Å². The normalized spacial score (nSPS) is 19.5. The Bertz CT molecular complexity index is 1070. The summed E-state index contributed by atoms with van der Waals surface area (Å²) < 4.78 is 27.6. The van der Waals surface area contributed by atoms with Crippen LogP contribution in [0, 0.1) is 10.1 Å². The lowest BCUT2D eigenvalue weighted by molar-refractivity contribution is -0.384. The van der Waals surface area contributed by atoms with Crippen LogP contribution >= 0.6 is 11.3 Å². The molecular formula is C16H20N4O5S2. The summed E-state index contributed by atoms with van der Waals surface area (Å²) in [6.07, 6.45) is 3.03. The van der Waals surface area contributed by atoms with E-state index in [9.17, 15) is 23.3 Å². The van der Waals surface area contributed by atoms with E-state index in [2.05, 4.69) is 4.99 Å². The van der Waals surface area contributed by atoms with Gasteiger partial charge in [-0.25, -0.2) is 8.42 Å². The third-order valence-corrected chi connectivity index (χ3v) is 6.89. The van der Waals surface area contributed by atoms with Gasteiger partial charge >= 0.3 is 0 Å². The molecule has 0 saturated carbocycles. The molecule has 0 N–H and O–H groups in total. The van der Waals surface area contributed by atoms with Crippen LogP contribution in [0.25, 0.3) is 10.2 Å². The summed E-state index contributed by atoms with van der Waals surface area (Å²) in [5.74, 6) is -0.497. The lowest BCUT2D eigenvalue weighted by Crippen LogP contribution is -2.47. The maximum atomic E-state index is 12.8. The molecule has 3 rings (SSSR count). The number of rotatable bonds is 4. The molecule has 11 heteroatoms. The predicted octanol–water partition coefficient (Wildman–Crippen LogP) is 1.87. The Morgan fingerprint density at radius 3 is 2.78 bits per heavy atom. The molecule has 1 amide bonds. The van der Waals surface area contributed by atoms with Crippen molar-refractivity contribution in [2.24, 2.45) is 4.99 Å². The molecule has 1 aliphatic rings. The highest BCUT2D eigenvalue weighted by Gasteiger charge is 2.34. The van der Waals surface area contributed by atoms with Gasteiger partial charge in [0.05, 0.1) is 21.4 Å². The topological polar surface area (TPSA) is 115 Å². The molecular weight excluding hydrogens is 392 g/mol. The van der Waals surface area contributed by atoms with Crippen LogP contribution in [0.3, 0.4) is 0 Å². The number of piperidine rings is 1.